The number of aliphatic imine (C=N–C) groups is 3. The topological polar surface area (TPSA) is 267 Å². The van der Waals surface area contributed by atoms with Crippen LogP contribution in [0, 0.1) is 13.8 Å². The van der Waals surface area contributed by atoms with Crippen molar-refractivity contribution < 1.29 is 5.11 Å². The fourth-order valence-corrected chi connectivity index (χ4v) is 4.08. The molecule has 14 N–H and O–H groups in total. The Morgan fingerprint density at radius 2 is 1.19 bits per heavy atom. The van der Waals surface area contributed by atoms with E-state index in [0.717, 1.165) is 79.0 Å². The summed E-state index contributed by atoms with van der Waals surface area (Å²) in [5.74, 6) is 0.156. The standard InChI is InChI=1S/2C11H19N5.C10H16N4O/c1-16(2)5-3-4-9-6-10(8-14-7-9)15-11(12)13;1-8-10(16-11(12)13)6-9(7-15-8)4-3-5-14-2;1-7-9(14-10(11)12)5-8(6-13-7)3-2-4-15/h6-8H,3-5H2,1-2H3,(H4,12,13,15);6-7,14H,3-5H2,1-2H3,(H4,12,13,16);5-6,15H,2-4H2,1H3,(H4,11,12,14). The Bertz CT molecular complexity index is 1430. The molecule has 0 unspecified atom stereocenters. The van der Waals surface area contributed by atoms with Crippen LogP contribution in [-0.4, -0.2) is 83.7 Å². The van der Waals surface area contributed by atoms with Gasteiger partial charge in [0.25, 0.3) is 0 Å². The predicted molar refractivity (Wildman–Crippen MR) is 193 cm³/mol. The molecule has 47 heavy (non-hydrogen) atoms. The molecule has 3 aromatic rings. The molecule has 0 bridgehead atoms. The molecule has 15 nitrogen and oxygen atoms in total. The summed E-state index contributed by atoms with van der Waals surface area (Å²) < 4.78 is 0. The Labute approximate surface area is 278 Å². The molecule has 15 heteroatoms. The van der Waals surface area contributed by atoms with E-state index in [2.05, 4.69) is 54.2 Å². The highest BCUT2D eigenvalue weighted by Gasteiger charge is 2.03. The molecule has 3 aromatic heterocycles. The lowest BCUT2D eigenvalue weighted by Gasteiger charge is -2.08. The first kappa shape index (κ1) is 40.2. The number of rotatable bonds is 14. The fourth-order valence-electron chi connectivity index (χ4n) is 4.08. The number of pyridine rings is 3. The average molecular weight is 651 g/mol. The van der Waals surface area contributed by atoms with Crippen LogP contribution in [0.15, 0.2) is 58.0 Å². The van der Waals surface area contributed by atoms with Gasteiger partial charge in [-0.05, 0) is 121 Å². The molecule has 0 radical (unpaired) electrons. The summed E-state index contributed by atoms with van der Waals surface area (Å²) in [5.41, 5.74) is 39.0. The van der Waals surface area contributed by atoms with Gasteiger partial charge in [0.15, 0.2) is 17.9 Å². The van der Waals surface area contributed by atoms with Crippen LogP contribution < -0.4 is 39.7 Å². The van der Waals surface area contributed by atoms with Gasteiger partial charge in [-0.1, -0.05) is 0 Å². The van der Waals surface area contributed by atoms with Gasteiger partial charge in [0.1, 0.15) is 0 Å². The SMILES string of the molecule is CN(C)CCCc1cncc(N=C(N)N)c1.CNCCCc1cnc(C)c(N=C(N)N)c1.Cc1ncc(CCCO)cc1N=C(N)N. The van der Waals surface area contributed by atoms with Crippen molar-refractivity contribution in [1.82, 2.24) is 25.2 Å². The molecule has 3 heterocycles. The molecule has 3 rings (SSSR count). The third-order valence-corrected chi connectivity index (χ3v) is 6.36. The van der Waals surface area contributed by atoms with E-state index in [1.165, 1.54) is 0 Å². The largest absolute Gasteiger partial charge is 0.396 e. The molecule has 0 fully saturated rings. The second-order valence-electron chi connectivity index (χ2n) is 11.0. The lowest BCUT2D eigenvalue weighted by molar-refractivity contribution is 0.288. The summed E-state index contributed by atoms with van der Waals surface area (Å²) in [5, 5.41) is 11.8. The van der Waals surface area contributed by atoms with Crippen molar-refractivity contribution in [3.63, 3.8) is 0 Å². The Kier molecular flexibility index (Phi) is 19.3. The summed E-state index contributed by atoms with van der Waals surface area (Å²) in [4.78, 5) is 26.7. The van der Waals surface area contributed by atoms with Gasteiger partial charge in [-0.3, -0.25) is 15.0 Å². The summed E-state index contributed by atoms with van der Waals surface area (Å²) in [6, 6.07) is 5.83. The van der Waals surface area contributed by atoms with E-state index in [4.69, 9.17) is 39.5 Å². The van der Waals surface area contributed by atoms with Crippen molar-refractivity contribution in [2.75, 3.05) is 40.8 Å². The molecule has 0 saturated carbocycles. The summed E-state index contributed by atoms with van der Waals surface area (Å²) in [6.07, 6.45) is 12.8. The number of aliphatic hydroxyl groups is 1. The molecule has 0 amide bonds. The van der Waals surface area contributed by atoms with E-state index in [9.17, 15) is 0 Å². The molecule has 0 saturated heterocycles. The number of nitrogens with two attached hydrogens (primary N) is 6. The van der Waals surface area contributed by atoms with Crippen LogP contribution in [0.2, 0.25) is 0 Å². The number of hydrogen-bond acceptors (Lipinski definition) is 9. The minimum Gasteiger partial charge on any atom is -0.396 e. The monoisotopic (exact) mass is 650 g/mol. The third kappa shape index (κ3) is 18.6. The quantitative estimate of drug-likeness (QED) is 0.0693. The van der Waals surface area contributed by atoms with E-state index in [1.807, 2.05) is 51.5 Å². The minimum absolute atomic E-state index is 0.0270. The lowest BCUT2D eigenvalue weighted by Crippen LogP contribution is -2.22. The van der Waals surface area contributed by atoms with Crippen LogP contribution in [-0.2, 0) is 19.3 Å². The van der Waals surface area contributed by atoms with Crippen molar-refractivity contribution in [2.45, 2.75) is 52.4 Å². The molecule has 0 aliphatic rings. The molecule has 0 spiro atoms. The lowest BCUT2D eigenvalue weighted by atomic mass is 10.1. The van der Waals surface area contributed by atoms with Gasteiger partial charge in [0.2, 0.25) is 0 Å². The number of aryl methyl sites for hydroxylation is 5. The van der Waals surface area contributed by atoms with Crippen LogP contribution in [0.1, 0.15) is 47.3 Å². The van der Waals surface area contributed by atoms with Gasteiger partial charge in [-0.25, -0.2) is 15.0 Å². The van der Waals surface area contributed by atoms with Gasteiger partial charge < -0.3 is 49.7 Å². The molecule has 0 aliphatic carbocycles. The molecular weight excluding hydrogens is 596 g/mol. The zero-order valence-corrected chi connectivity index (χ0v) is 28.4. The Morgan fingerprint density at radius 1 is 0.702 bits per heavy atom. The number of nitrogens with one attached hydrogen (secondary N) is 1. The van der Waals surface area contributed by atoms with E-state index in [0.29, 0.717) is 17.8 Å². The van der Waals surface area contributed by atoms with E-state index >= 15 is 0 Å². The zero-order chi connectivity index (χ0) is 35.2. The third-order valence-electron chi connectivity index (χ3n) is 6.36. The highest BCUT2D eigenvalue weighted by molar-refractivity contribution is 5.80. The van der Waals surface area contributed by atoms with Gasteiger partial charge in [0.05, 0.1) is 34.6 Å². The van der Waals surface area contributed by atoms with Gasteiger partial charge in [-0.2, -0.15) is 0 Å². The van der Waals surface area contributed by atoms with Gasteiger partial charge in [0, 0.05) is 25.2 Å². The number of aromatic nitrogens is 3. The average Bonchev–Trinajstić information content (AvgIpc) is 2.99. The Hall–Kier alpha value is -4.86. The van der Waals surface area contributed by atoms with Crippen molar-refractivity contribution in [2.24, 2.45) is 49.4 Å². The van der Waals surface area contributed by atoms with Crippen LogP contribution in [0.25, 0.3) is 0 Å². The second-order valence-corrected chi connectivity index (χ2v) is 11.0. The number of guanidine groups is 3. The highest BCUT2D eigenvalue weighted by Crippen LogP contribution is 2.19. The molecule has 0 atom stereocenters. The fraction of sp³-hybridized carbons (Fsp3) is 0.438. The Morgan fingerprint density at radius 3 is 1.66 bits per heavy atom. The first-order valence-corrected chi connectivity index (χ1v) is 15.4. The first-order chi connectivity index (χ1) is 22.3. The van der Waals surface area contributed by atoms with Crippen molar-refractivity contribution in [1.29, 1.82) is 0 Å². The smallest absolute Gasteiger partial charge is 0.191 e. The normalized spacial score (nSPS) is 10.2. The second kappa shape index (κ2) is 22.6. The maximum atomic E-state index is 8.71. The van der Waals surface area contributed by atoms with Crippen LogP contribution >= 0.6 is 0 Å². The van der Waals surface area contributed by atoms with Crippen LogP contribution in [0.3, 0.4) is 0 Å². The van der Waals surface area contributed by atoms with Crippen molar-refractivity contribution >= 4 is 34.9 Å². The summed E-state index contributed by atoms with van der Waals surface area (Å²) in [6.45, 7) is 5.96. The Balaban J connectivity index is 0.000000353. The highest BCUT2D eigenvalue weighted by atomic mass is 16.2. The predicted octanol–water partition coefficient (Wildman–Crippen LogP) is 1.15. The van der Waals surface area contributed by atoms with Gasteiger partial charge >= 0.3 is 0 Å². The van der Waals surface area contributed by atoms with Crippen LogP contribution in [0.4, 0.5) is 17.1 Å². The first-order valence-electron chi connectivity index (χ1n) is 15.4. The zero-order valence-electron chi connectivity index (χ0n) is 28.4. The number of hydrogen-bond donors (Lipinski definition) is 8. The maximum absolute atomic E-state index is 8.71. The number of nitrogens with zero attached hydrogens (tertiary/aromatic N) is 7. The number of aliphatic hydroxyl groups excluding tert-OH is 1. The van der Waals surface area contributed by atoms with E-state index < -0.39 is 0 Å². The van der Waals surface area contributed by atoms with E-state index in [1.54, 1.807) is 12.4 Å². The minimum atomic E-state index is 0.0270. The molecule has 258 valence electrons. The van der Waals surface area contributed by atoms with E-state index in [-0.39, 0.29) is 24.5 Å². The summed E-state index contributed by atoms with van der Waals surface area (Å²) >= 11 is 0. The summed E-state index contributed by atoms with van der Waals surface area (Å²) in [7, 11) is 6.07. The van der Waals surface area contributed by atoms with Crippen molar-refractivity contribution in [3.05, 3.63) is 71.1 Å². The molecule has 0 aromatic carbocycles. The maximum Gasteiger partial charge on any atom is 0.191 e. The van der Waals surface area contributed by atoms with Gasteiger partial charge in [-0.15, -0.1) is 0 Å². The van der Waals surface area contributed by atoms with Crippen LogP contribution in [0.5, 0.6) is 0 Å². The van der Waals surface area contributed by atoms with Crippen molar-refractivity contribution in [3.8, 4) is 0 Å². The molecular formula is C32H54N14O. The molecule has 0 aliphatic heterocycles.